The van der Waals surface area contributed by atoms with E-state index in [2.05, 4.69) is 11.8 Å². The first kappa shape index (κ1) is 10.4. The lowest BCUT2D eigenvalue weighted by atomic mass is 9.99. The first-order chi connectivity index (χ1) is 6.75. The molecule has 82 valence electrons. The minimum absolute atomic E-state index is 0.495. The van der Waals surface area contributed by atoms with E-state index in [4.69, 9.17) is 5.73 Å². The molecule has 1 heterocycles. The topological polar surface area (TPSA) is 29.3 Å². The predicted molar refractivity (Wildman–Crippen MR) is 60.2 cm³/mol. The van der Waals surface area contributed by atoms with E-state index < -0.39 is 0 Å². The lowest BCUT2D eigenvalue weighted by Crippen LogP contribution is -2.36. The average molecular weight is 196 g/mol. The van der Waals surface area contributed by atoms with Crippen molar-refractivity contribution in [3.8, 4) is 0 Å². The summed E-state index contributed by atoms with van der Waals surface area (Å²) in [4.78, 5) is 2.60. The smallest absolute Gasteiger partial charge is 0.00793 e. The summed E-state index contributed by atoms with van der Waals surface area (Å²) in [6, 6.07) is 0.495. The van der Waals surface area contributed by atoms with E-state index in [1.807, 2.05) is 0 Å². The van der Waals surface area contributed by atoms with Crippen molar-refractivity contribution in [1.82, 2.24) is 4.90 Å². The van der Waals surface area contributed by atoms with E-state index in [9.17, 15) is 0 Å². The first-order valence-corrected chi connectivity index (χ1v) is 6.23. The summed E-state index contributed by atoms with van der Waals surface area (Å²) in [7, 11) is 0. The van der Waals surface area contributed by atoms with E-state index in [0.29, 0.717) is 6.04 Å². The fraction of sp³-hybridized carbons (Fsp3) is 1.00. The molecule has 1 atom stereocenters. The van der Waals surface area contributed by atoms with Crippen molar-refractivity contribution in [3.63, 3.8) is 0 Å². The maximum atomic E-state index is 6.10. The van der Waals surface area contributed by atoms with Crippen molar-refractivity contribution in [2.24, 2.45) is 17.6 Å². The fourth-order valence-electron chi connectivity index (χ4n) is 2.38. The van der Waals surface area contributed by atoms with Gasteiger partial charge < -0.3 is 10.6 Å². The standard InChI is InChI=1S/C12H24N2/c1-10-4-7-14(8-5-10)9-6-12(13)11-2-3-11/h10-12H,2-9,13H2,1H3. The minimum atomic E-state index is 0.495. The third-order valence-corrected chi connectivity index (χ3v) is 3.88. The van der Waals surface area contributed by atoms with Gasteiger partial charge in [0.05, 0.1) is 0 Å². The molecule has 2 N–H and O–H groups in total. The molecule has 2 nitrogen and oxygen atoms in total. The lowest BCUT2D eigenvalue weighted by molar-refractivity contribution is 0.185. The van der Waals surface area contributed by atoms with Gasteiger partial charge in [-0.05, 0) is 63.6 Å². The summed E-state index contributed by atoms with van der Waals surface area (Å²) in [5, 5.41) is 0. The Kier molecular flexibility index (Phi) is 3.45. The number of hydrogen-bond donors (Lipinski definition) is 1. The third kappa shape index (κ3) is 2.96. The van der Waals surface area contributed by atoms with Crippen LogP contribution in [0.25, 0.3) is 0 Å². The summed E-state index contributed by atoms with van der Waals surface area (Å²) >= 11 is 0. The van der Waals surface area contributed by atoms with E-state index in [0.717, 1.165) is 11.8 Å². The third-order valence-electron chi connectivity index (χ3n) is 3.88. The molecule has 0 amide bonds. The molecule has 0 spiro atoms. The molecule has 1 saturated heterocycles. The second kappa shape index (κ2) is 4.63. The summed E-state index contributed by atoms with van der Waals surface area (Å²) in [5.74, 6) is 1.82. The minimum Gasteiger partial charge on any atom is -0.327 e. The average Bonchev–Trinajstić information content (AvgIpc) is 3.00. The van der Waals surface area contributed by atoms with Crippen LogP contribution in [0.2, 0.25) is 0 Å². The van der Waals surface area contributed by atoms with E-state index in [-0.39, 0.29) is 0 Å². The highest BCUT2D eigenvalue weighted by Gasteiger charge is 2.28. The molecule has 14 heavy (non-hydrogen) atoms. The monoisotopic (exact) mass is 196 g/mol. The molecule has 2 rings (SSSR count). The molecule has 1 saturated carbocycles. The molecular formula is C12H24N2. The van der Waals surface area contributed by atoms with Gasteiger partial charge in [0.2, 0.25) is 0 Å². The van der Waals surface area contributed by atoms with Gasteiger partial charge >= 0.3 is 0 Å². The Hall–Kier alpha value is -0.0800. The number of nitrogens with zero attached hydrogens (tertiary/aromatic N) is 1. The Morgan fingerprint density at radius 2 is 1.86 bits per heavy atom. The zero-order chi connectivity index (χ0) is 9.97. The highest BCUT2D eigenvalue weighted by Crippen LogP contribution is 2.32. The summed E-state index contributed by atoms with van der Waals surface area (Å²) in [6.45, 7) is 6.22. The largest absolute Gasteiger partial charge is 0.327 e. The maximum Gasteiger partial charge on any atom is 0.00793 e. The molecule has 2 heteroatoms. The van der Waals surface area contributed by atoms with E-state index >= 15 is 0 Å². The van der Waals surface area contributed by atoms with Crippen LogP contribution in [0.15, 0.2) is 0 Å². The van der Waals surface area contributed by atoms with Gasteiger partial charge in [0.15, 0.2) is 0 Å². The Balaban J connectivity index is 1.60. The number of rotatable bonds is 4. The molecule has 0 aromatic carbocycles. The highest BCUT2D eigenvalue weighted by atomic mass is 15.1. The van der Waals surface area contributed by atoms with Crippen LogP contribution in [0.1, 0.15) is 39.0 Å². The SMILES string of the molecule is CC1CCN(CCC(N)C2CC2)CC1. The molecule has 2 aliphatic rings. The summed E-state index contributed by atoms with van der Waals surface area (Å²) in [5.41, 5.74) is 6.10. The van der Waals surface area contributed by atoms with Gasteiger partial charge in [-0.15, -0.1) is 0 Å². The maximum absolute atomic E-state index is 6.10. The molecule has 1 unspecified atom stereocenters. The van der Waals surface area contributed by atoms with E-state index in [1.54, 1.807) is 0 Å². The van der Waals surface area contributed by atoms with E-state index in [1.165, 1.54) is 51.7 Å². The van der Waals surface area contributed by atoms with Crippen molar-refractivity contribution in [2.75, 3.05) is 19.6 Å². The lowest BCUT2D eigenvalue weighted by Gasteiger charge is -2.30. The van der Waals surface area contributed by atoms with Crippen molar-refractivity contribution >= 4 is 0 Å². The Bertz CT molecular complexity index is 169. The summed E-state index contributed by atoms with van der Waals surface area (Å²) in [6.07, 6.45) is 6.77. The molecule has 2 fully saturated rings. The molecular weight excluding hydrogens is 172 g/mol. The number of piperidine rings is 1. The van der Waals surface area contributed by atoms with Gasteiger partial charge in [-0.1, -0.05) is 6.92 Å². The molecule has 0 aromatic rings. The predicted octanol–water partition coefficient (Wildman–Crippen LogP) is 1.85. The molecule has 0 radical (unpaired) electrons. The van der Waals surface area contributed by atoms with Crippen molar-refractivity contribution in [1.29, 1.82) is 0 Å². The Morgan fingerprint density at radius 3 is 2.43 bits per heavy atom. The number of hydrogen-bond acceptors (Lipinski definition) is 2. The van der Waals surface area contributed by atoms with Gasteiger partial charge in [-0.25, -0.2) is 0 Å². The zero-order valence-corrected chi connectivity index (χ0v) is 9.41. The first-order valence-electron chi connectivity index (χ1n) is 6.23. The van der Waals surface area contributed by atoms with Crippen LogP contribution in [-0.4, -0.2) is 30.6 Å². The molecule has 1 aliphatic carbocycles. The quantitative estimate of drug-likeness (QED) is 0.743. The number of nitrogens with two attached hydrogens (primary N) is 1. The van der Waals surface area contributed by atoms with Crippen LogP contribution in [-0.2, 0) is 0 Å². The van der Waals surface area contributed by atoms with Crippen LogP contribution < -0.4 is 5.73 Å². The van der Waals surface area contributed by atoms with Crippen LogP contribution in [0.4, 0.5) is 0 Å². The van der Waals surface area contributed by atoms with Crippen LogP contribution in [0, 0.1) is 11.8 Å². The highest BCUT2D eigenvalue weighted by molar-refractivity contribution is 4.84. The zero-order valence-electron chi connectivity index (χ0n) is 9.41. The fourth-order valence-corrected chi connectivity index (χ4v) is 2.38. The second-order valence-corrected chi connectivity index (χ2v) is 5.31. The van der Waals surface area contributed by atoms with Crippen molar-refractivity contribution in [2.45, 2.75) is 45.1 Å². The second-order valence-electron chi connectivity index (χ2n) is 5.31. The normalized spacial score (nSPS) is 27.9. The molecule has 0 aromatic heterocycles. The van der Waals surface area contributed by atoms with Crippen molar-refractivity contribution < 1.29 is 0 Å². The van der Waals surface area contributed by atoms with Crippen LogP contribution in [0.5, 0.6) is 0 Å². The van der Waals surface area contributed by atoms with Gasteiger partial charge in [0, 0.05) is 6.04 Å². The molecule has 0 bridgehead atoms. The van der Waals surface area contributed by atoms with Gasteiger partial charge in [0.25, 0.3) is 0 Å². The molecule has 1 aliphatic heterocycles. The van der Waals surface area contributed by atoms with Gasteiger partial charge in [-0.2, -0.15) is 0 Å². The Morgan fingerprint density at radius 1 is 1.21 bits per heavy atom. The number of likely N-dealkylation sites (tertiary alicyclic amines) is 1. The van der Waals surface area contributed by atoms with Crippen LogP contribution in [0.3, 0.4) is 0 Å². The summed E-state index contributed by atoms with van der Waals surface area (Å²) < 4.78 is 0. The van der Waals surface area contributed by atoms with Crippen molar-refractivity contribution in [3.05, 3.63) is 0 Å². The van der Waals surface area contributed by atoms with Crippen LogP contribution >= 0.6 is 0 Å². The Labute approximate surface area is 87.8 Å². The van der Waals surface area contributed by atoms with Gasteiger partial charge in [-0.3, -0.25) is 0 Å². The van der Waals surface area contributed by atoms with Gasteiger partial charge in [0.1, 0.15) is 0 Å².